The van der Waals surface area contributed by atoms with E-state index in [1.54, 1.807) is 0 Å². The maximum Gasteiger partial charge on any atom is 0.414 e. The number of hydrogen-bond acceptors (Lipinski definition) is 7. The molecule has 2 rings (SSSR count). The minimum absolute atomic E-state index is 0.00636. The number of nitro groups is 1. The van der Waals surface area contributed by atoms with Gasteiger partial charge in [0.1, 0.15) is 0 Å². The number of carbonyl (C=O) groups is 4. The summed E-state index contributed by atoms with van der Waals surface area (Å²) in [5, 5.41) is 28.6. The van der Waals surface area contributed by atoms with E-state index in [2.05, 4.69) is 24.1 Å². The van der Waals surface area contributed by atoms with Crippen LogP contribution in [0.3, 0.4) is 0 Å². The molecule has 1 aliphatic carbocycles. The van der Waals surface area contributed by atoms with E-state index in [-0.39, 0.29) is 30.1 Å². The third-order valence-electron chi connectivity index (χ3n) is 5.43. The highest BCUT2D eigenvalue weighted by atomic mass is 16.6. The van der Waals surface area contributed by atoms with Gasteiger partial charge in [-0.15, -0.1) is 0 Å². The van der Waals surface area contributed by atoms with E-state index in [0.717, 1.165) is 38.8 Å². The van der Waals surface area contributed by atoms with Gasteiger partial charge in [-0.2, -0.15) is 0 Å². The Bertz CT molecular complexity index is 837. The number of hydrogen-bond donors (Lipinski definition) is 3. The Morgan fingerprint density at radius 3 is 1.97 bits per heavy atom. The molecule has 0 spiro atoms. The topological polar surface area (TPSA) is 170 Å². The average Bonchev–Trinajstić information content (AvgIpc) is 3.31. The summed E-state index contributed by atoms with van der Waals surface area (Å²) in [4.78, 5) is 57.6. The molecule has 0 unspecified atom stereocenters. The fourth-order valence-corrected chi connectivity index (χ4v) is 3.48. The number of rotatable bonds is 10. The third-order valence-corrected chi connectivity index (χ3v) is 5.43. The van der Waals surface area contributed by atoms with Gasteiger partial charge < -0.3 is 25.3 Å². The zero-order chi connectivity index (χ0) is 25.7. The molecule has 0 heterocycles. The van der Waals surface area contributed by atoms with E-state index < -0.39 is 16.9 Å². The molecule has 12 nitrogen and oxygen atoms in total. The lowest BCUT2D eigenvalue weighted by atomic mass is 10.1. The second kappa shape index (κ2) is 14.6. The largest absolute Gasteiger partial charge is 0.473 e. The highest BCUT2D eigenvalue weighted by Gasteiger charge is 2.23. The van der Waals surface area contributed by atoms with Crippen molar-refractivity contribution in [1.82, 2.24) is 15.1 Å². The molecule has 3 N–H and O–H groups in total. The molecular weight excluding hydrogens is 448 g/mol. The molecule has 0 atom stereocenters. The number of nitrogens with one attached hydrogen (secondary N) is 1. The van der Waals surface area contributed by atoms with Crippen LogP contribution in [0.2, 0.25) is 0 Å². The molecule has 12 heteroatoms. The smallest absolute Gasteiger partial charge is 0.414 e. The van der Waals surface area contributed by atoms with Crippen LogP contribution in [0.1, 0.15) is 49.9 Å². The van der Waals surface area contributed by atoms with E-state index in [1.807, 2.05) is 0 Å². The molecule has 0 bridgehead atoms. The number of nitro benzene ring substituents is 1. The Hall–Kier alpha value is -3.54. The van der Waals surface area contributed by atoms with Crippen LogP contribution in [-0.4, -0.2) is 87.5 Å². The summed E-state index contributed by atoms with van der Waals surface area (Å²) >= 11 is 0. The van der Waals surface area contributed by atoms with Gasteiger partial charge in [0.15, 0.2) is 0 Å². The molecular formula is C22H32N4O8. The van der Waals surface area contributed by atoms with Crippen LogP contribution in [0.4, 0.5) is 5.69 Å². The second-order valence-corrected chi connectivity index (χ2v) is 7.72. The normalized spacial score (nSPS) is 13.0. The van der Waals surface area contributed by atoms with Crippen molar-refractivity contribution in [2.75, 3.05) is 32.7 Å². The molecule has 1 saturated carbocycles. The predicted molar refractivity (Wildman–Crippen MR) is 122 cm³/mol. The first kappa shape index (κ1) is 28.5. The number of likely N-dealkylation sites (N-methyl/N-ethyl adjacent to an activating group) is 1. The van der Waals surface area contributed by atoms with Gasteiger partial charge in [0.05, 0.1) is 11.5 Å². The molecule has 1 aromatic rings. The van der Waals surface area contributed by atoms with Crippen LogP contribution >= 0.6 is 0 Å². The zero-order valence-electron chi connectivity index (χ0n) is 19.4. The van der Waals surface area contributed by atoms with Crippen molar-refractivity contribution >= 4 is 29.4 Å². The SMILES string of the molecule is CCN(CC)CCN(CC(=O)NC1CCCC1)C(=O)c1ccc([N+](=O)[O-])cc1.O=C(O)C(=O)O. The zero-order valence-corrected chi connectivity index (χ0v) is 19.4. The first-order valence-electron chi connectivity index (χ1n) is 11.1. The number of non-ortho nitro benzene ring substituents is 1. The van der Waals surface area contributed by atoms with Crippen molar-refractivity contribution in [2.24, 2.45) is 0 Å². The summed E-state index contributed by atoms with van der Waals surface area (Å²) in [5.41, 5.74) is 0.282. The van der Waals surface area contributed by atoms with Crippen LogP contribution in [0.25, 0.3) is 0 Å². The minimum Gasteiger partial charge on any atom is -0.473 e. The average molecular weight is 481 g/mol. The van der Waals surface area contributed by atoms with Crippen LogP contribution in [0, 0.1) is 10.1 Å². The van der Waals surface area contributed by atoms with Crippen LogP contribution < -0.4 is 5.32 Å². The summed E-state index contributed by atoms with van der Waals surface area (Å²) in [6.45, 7) is 6.93. The van der Waals surface area contributed by atoms with Crippen molar-refractivity contribution in [2.45, 2.75) is 45.6 Å². The van der Waals surface area contributed by atoms with Gasteiger partial charge in [0.2, 0.25) is 5.91 Å². The predicted octanol–water partition coefficient (Wildman–Crippen LogP) is 1.59. The molecule has 188 valence electrons. The van der Waals surface area contributed by atoms with Crippen molar-refractivity contribution in [3.63, 3.8) is 0 Å². The Morgan fingerprint density at radius 2 is 1.53 bits per heavy atom. The molecule has 0 radical (unpaired) electrons. The van der Waals surface area contributed by atoms with Crippen molar-refractivity contribution < 1.29 is 34.3 Å². The maximum atomic E-state index is 12.9. The lowest BCUT2D eigenvalue weighted by molar-refractivity contribution is -0.384. The Balaban J connectivity index is 0.000000852. The standard InChI is InChI=1S/C20H30N4O4.C2H2O4/c1-3-22(4-2)13-14-23(15-19(25)21-17-7-5-6-8-17)20(26)16-9-11-18(12-10-16)24(27)28;3-1(4)2(5)6/h9-12,17H,3-8,13-15H2,1-2H3,(H,21,25);(H,3,4)(H,5,6). The number of aliphatic carboxylic acids is 2. The highest BCUT2D eigenvalue weighted by molar-refractivity contribution is 6.27. The molecule has 0 saturated heterocycles. The van der Waals surface area contributed by atoms with Gasteiger partial charge in [-0.3, -0.25) is 19.7 Å². The van der Waals surface area contributed by atoms with Crippen LogP contribution in [0.5, 0.6) is 0 Å². The van der Waals surface area contributed by atoms with Crippen molar-refractivity contribution in [3.8, 4) is 0 Å². The first-order valence-corrected chi connectivity index (χ1v) is 11.1. The fourth-order valence-electron chi connectivity index (χ4n) is 3.48. The Labute approximate surface area is 197 Å². The van der Waals surface area contributed by atoms with Gasteiger partial charge in [-0.05, 0) is 38.1 Å². The van der Waals surface area contributed by atoms with Gasteiger partial charge in [-0.1, -0.05) is 26.7 Å². The summed E-state index contributed by atoms with van der Waals surface area (Å²) in [6.07, 6.45) is 4.22. The fraction of sp³-hybridized carbons (Fsp3) is 0.545. The van der Waals surface area contributed by atoms with E-state index in [1.165, 1.54) is 29.2 Å². The Kier molecular flexibility index (Phi) is 12.2. The molecule has 34 heavy (non-hydrogen) atoms. The number of carboxylic acid groups (broad SMARTS) is 2. The van der Waals surface area contributed by atoms with E-state index >= 15 is 0 Å². The number of carboxylic acids is 2. The molecule has 0 aliphatic heterocycles. The quantitative estimate of drug-likeness (QED) is 0.255. The lowest BCUT2D eigenvalue weighted by Crippen LogP contribution is -2.46. The van der Waals surface area contributed by atoms with Gasteiger partial charge in [-0.25, -0.2) is 9.59 Å². The van der Waals surface area contributed by atoms with Gasteiger partial charge in [0.25, 0.3) is 11.6 Å². The van der Waals surface area contributed by atoms with Crippen LogP contribution in [-0.2, 0) is 14.4 Å². The number of carbonyl (C=O) groups excluding carboxylic acids is 2. The first-order chi connectivity index (χ1) is 16.1. The molecule has 2 amide bonds. The van der Waals surface area contributed by atoms with Crippen molar-refractivity contribution in [3.05, 3.63) is 39.9 Å². The van der Waals surface area contributed by atoms with E-state index in [0.29, 0.717) is 18.7 Å². The molecule has 1 fully saturated rings. The molecule has 0 aromatic heterocycles. The summed E-state index contributed by atoms with van der Waals surface area (Å²) in [7, 11) is 0. The highest BCUT2D eigenvalue weighted by Crippen LogP contribution is 2.18. The number of amides is 2. The van der Waals surface area contributed by atoms with E-state index in [9.17, 15) is 19.7 Å². The Morgan fingerprint density at radius 1 is 1.00 bits per heavy atom. The number of nitrogens with zero attached hydrogens (tertiary/aromatic N) is 3. The monoisotopic (exact) mass is 480 g/mol. The molecule has 1 aliphatic rings. The summed E-state index contributed by atoms with van der Waals surface area (Å²) in [5.74, 6) is -4.09. The molecule has 1 aromatic carbocycles. The maximum absolute atomic E-state index is 12.9. The summed E-state index contributed by atoms with van der Waals surface area (Å²) < 4.78 is 0. The van der Waals surface area contributed by atoms with Crippen LogP contribution in [0.15, 0.2) is 24.3 Å². The van der Waals surface area contributed by atoms with Gasteiger partial charge in [0, 0.05) is 36.8 Å². The lowest BCUT2D eigenvalue weighted by Gasteiger charge is -2.26. The minimum atomic E-state index is -1.82. The summed E-state index contributed by atoms with van der Waals surface area (Å²) in [6, 6.07) is 5.72. The van der Waals surface area contributed by atoms with Gasteiger partial charge >= 0.3 is 11.9 Å². The third kappa shape index (κ3) is 9.94. The number of benzene rings is 1. The van der Waals surface area contributed by atoms with Crippen molar-refractivity contribution in [1.29, 1.82) is 0 Å². The van der Waals surface area contributed by atoms with E-state index in [4.69, 9.17) is 19.8 Å². The second-order valence-electron chi connectivity index (χ2n) is 7.72.